The molecule has 0 heterocycles. The average molecular weight is 222 g/mol. The first kappa shape index (κ1) is 11.4. The Labute approximate surface area is 79.3 Å². The molecule has 0 rings (SSSR count). The molecule has 0 fully saturated rings. The van der Waals surface area contributed by atoms with Gasteiger partial charge in [0.25, 0.3) is 0 Å². The van der Waals surface area contributed by atoms with Crippen molar-refractivity contribution in [2.45, 2.75) is 58.1 Å². The Morgan fingerprint density at radius 1 is 1.18 bits per heavy atom. The highest BCUT2D eigenvalue weighted by molar-refractivity contribution is 9.09. The van der Waals surface area contributed by atoms with Crippen LogP contribution in [-0.4, -0.2) is 21.9 Å². The summed E-state index contributed by atoms with van der Waals surface area (Å²) in [4.78, 5) is 2.96. The maximum absolute atomic E-state index is 3.61. The number of alkyl halides is 1. The Hall–Kier alpha value is 0.440. The third-order valence-electron chi connectivity index (χ3n) is 2.11. The molecule has 0 saturated heterocycles. The molecule has 0 aromatic rings. The molecule has 0 aromatic carbocycles. The molecule has 0 aliphatic rings. The Morgan fingerprint density at radius 3 is 1.73 bits per heavy atom. The van der Waals surface area contributed by atoms with Gasteiger partial charge in [-0.2, -0.15) is 0 Å². The molecule has 68 valence electrons. The summed E-state index contributed by atoms with van der Waals surface area (Å²) < 4.78 is 0. The minimum absolute atomic E-state index is 0.484. The van der Waals surface area contributed by atoms with Crippen LogP contribution in [0.15, 0.2) is 0 Å². The Morgan fingerprint density at radius 2 is 1.64 bits per heavy atom. The zero-order valence-electron chi connectivity index (χ0n) is 8.26. The lowest BCUT2D eigenvalue weighted by molar-refractivity contribution is 0.156. The van der Waals surface area contributed by atoms with Gasteiger partial charge in [-0.1, -0.05) is 22.9 Å². The van der Waals surface area contributed by atoms with E-state index in [9.17, 15) is 0 Å². The molecule has 2 atom stereocenters. The molecule has 11 heavy (non-hydrogen) atoms. The summed E-state index contributed by atoms with van der Waals surface area (Å²) in [6.45, 7) is 11.2. The number of rotatable bonds is 4. The molecule has 0 amide bonds. The summed E-state index contributed by atoms with van der Waals surface area (Å²) in [7, 11) is 0. The van der Waals surface area contributed by atoms with Crippen LogP contribution in [0.5, 0.6) is 0 Å². The first-order valence-electron chi connectivity index (χ1n) is 4.42. The van der Waals surface area contributed by atoms with Crippen LogP contribution in [0.3, 0.4) is 0 Å². The van der Waals surface area contributed by atoms with Crippen molar-refractivity contribution in [3.05, 3.63) is 0 Å². The summed E-state index contributed by atoms with van der Waals surface area (Å²) in [6, 6.07) is 1.30. The third-order valence-corrected chi connectivity index (χ3v) is 2.58. The van der Waals surface area contributed by atoms with Crippen molar-refractivity contribution in [1.82, 2.24) is 4.90 Å². The summed E-state index contributed by atoms with van der Waals surface area (Å²) in [5.41, 5.74) is 0. The van der Waals surface area contributed by atoms with Gasteiger partial charge in [-0.05, 0) is 34.1 Å². The fourth-order valence-electron chi connectivity index (χ4n) is 1.48. The predicted octanol–water partition coefficient (Wildman–Crippen LogP) is 3.24. The standard InChI is InChI=1S/C9H20BrN/c1-6-8(4)11(7(2)3)9(5)10/h7-9H,6H2,1-5H3. The SMILES string of the molecule is CCC(C)N(C(C)C)C(C)Br. The van der Waals surface area contributed by atoms with Crippen molar-refractivity contribution in [1.29, 1.82) is 0 Å². The average Bonchev–Trinajstić information content (AvgIpc) is 1.85. The van der Waals surface area contributed by atoms with E-state index in [1.54, 1.807) is 0 Å². The highest BCUT2D eigenvalue weighted by Gasteiger charge is 2.18. The molecule has 2 unspecified atom stereocenters. The van der Waals surface area contributed by atoms with Crippen LogP contribution >= 0.6 is 15.9 Å². The smallest absolute Gasteiger partial charge is 0.0631 e. The van der Waals surface area contributed by atoms with Crippen LogP contribution in [0.4, 0.5) is 0 Å². The van der Waals surface area contributed by atoms with Crippen molar-refractivity contribution in [2.75, 3.05) is 0 Å². The predicted molar refractivity (Wildman–Crippen MR) is 55.1 cm³/mol. The zero-order chi connectivity index (χ0) is 9.02. The van der Waals surface area contributed by atoms with Gasteiger partial charge < -0.3 is 0 Å². The van der Waals surface area contributed by atoms with Crippen LogP contribution in [-0.2, 0) is 0 Å². The Balaban J connectivity index is 4.09. The molecule has 0 saturated carbocycles. The van der Waals surface area contributed by atoms with E-state index in [0.29, 0.717) is 17.0 Å². The van der Waals surface area contributed by atoms with E-state index in [0.717, 1.165) is 0 Å². The van der Waals surface area contributed by atoms with E-state index >= 15 is 0 Å². The van der Waals surface area contributed by atoms with E-state index in [1.165, 1.54) is 6.42 Å². The van der Waals surface area contributed by atoms with E-state index in [1.807, 2.05) is 0 Å². The van der Waals surface area contributed by atoms with Gasteiger partial charge in [0.15, 0.2) is 0 Å². The molecule has 0 N–H and O–H groups in total. The molecule has 2 heteroatoms. The van der Waals surface area contributed by atoms with Gasteiger partial charge in [0, 0.05) is 12.1 Å². The van der Waals surface area contributed by atoms with Crippen LogP contribution in [0.25, 0.3) is 0 Å². The minimum Gasteiger partial charge on any atom is -0.286 e. The van der Waals surface area contributed by atoms with Gasteiger partial charge in [0.05, 0.1) is 4.95 Å². The van der Waals surface area contributed by atoms with Gasteiger partial charge in [0.2, 0.25) is 0 Å². The second-order valence-corrected chi connectivity index (χ2v) is 4.70. The van der Waals surface area contributed by atoms with Gasteiger partial charge in [-0.3, -0.25) is 4.90 Å². The largest absolute Gasteiger partial charge is 0.286 e. The van der Waals surface area contributed by atoms with Crippen LogP contribution in [0.2, 0.25) is 0 Å². The number of halogens is 1. The summed E-state index contributed by atoms with van der Waals surface area (Å²) >= 11 is 3.61. The maximum Gasteiger partial charge on any atom is 0.0631 e. The second-order valence-electron chi connectivity index (χ2n) is 3.37. The molecule has 0 aromatic heterocycles. The van der Waals surface area contributed by atoms with E-state index in [4.69, 9.17) is 0 Å². The highest BCUT2D eigenvalue weighted by Crippen LogP contribution is 2.16. The molecule has 0 radical (unpaired) electrons. The first-order valence-corrected chi connectivity index (χ1v) is 5.33. The van der Waals surface area contributed by atoms with Crippen molar-refractivity contribution >= 4 is 15.9 Å². The number of hydrogen-bond acceptors (Lipinski definition) is 1. The Kier molecular flexibility index (Phi) is 5.36. The van der Waals surface area contributed by atoms with Crippen molar-refractivity contribution in [2.24, 2.45) is 0 Å². The van der Waals surface area contributed by atoms with Crippen molar-refractivity contribution in [3.63, 3.8) is 0 Å². The van der Waals surface area contributed by atoms with Crippen molar-refractivity contribution in [3.8, 4) is 0 Å². The van der Waals surface area contributed by atoms with Crippen LogP contribution in [0.1, 0.15) is 41.0 Å². The molecule has 0 spiro atoms. The summed E-state index contributed by atoms with van der Waals surface area (Å²) in [6.07, 6.45) is 1.22. The first-order chi connectivity index (χ1) is 5.00. The lowest BCUT2D eigenvalue weighted by atomic mass is 10.2. The summed E-state index contributed by atoms with van der Waals surface area (Å²) in [5.74, 6) is 0. The monoisotopic (exact) mass is 221 g/mol. The lowest BCUT2D eigenvalue weighted by Crippen LogP contribution is -2.41. The van der Waals surface area contributed by atoms with Crippen molar-refractivity contribution < 1.29 is 0 Å². The maximum atomic E-state index is 3.61. The third kappa shape index (κ3) is 3.57. The normalized spacial score (nSPS) is 17.5. The van der Waals surface area contributed by atoms with E-state index in [-0.39, 0.29) is 0 Å². The van der Waals surface area contributed by atoms with Gasteiger partial charge in [-0.15, -0.1) is 0 Å². The molecule has 0 bridgehead atoms. The molecule has 0 aliphatic carbocycles. The molecule has 1 nitrogen and oxygen atoms in total. The fourth-order valence-corrected chi connectivity index (χ4v) is 2.36. The quantitative estimate of drug-likeness (QED) is 0.521. The number of hydrogen-bond donors (Lipinski definition) is 0. The highest BCUT2D eigenvalue weighted by atomic mass is 79.9. The number of nitrogens with zero attached hydrogens (tertiary/aromatic N) is 1. The fraction of sp³-hybridized carbons (Fsp3) is 1.00. The van der Waals surface area contributed by atoms with Gasteiger partial charge >= 0.3 is 0 Å². The molecule has 0 aliphatic heterocycles. The Bertz CT molecular complexity index is 93.7. The van der Waals surface area contributed by atoms with E-state index < -0.39 is 0 Å². The van der Waals surface area contributed by atoms with Gasteiger partial charge in [-0.25, -0.2) is 0 Å². The zero-order valence-corrected chi connectivity index (χ0v) is 9.85. The minimum atomic E-state index is 0.484. The lowest BCUT2D eigenvalue weighted by Gasteiger charge is -2.34. The molecular formula is C9H20BrN. The topological polar surface area (TPSA) is 3.24 Å². The van der Waals surface area contributed by atoms with Gasteiger partial charge in [0.1, 0.15) is 0 Å². The van der Waals surface area contributed by atoms with Crippen LogP contribution < -0.4 is 0 Å². The van der Waals surface area contributed by atoms with Crippen LogP contribution in [0, 0.1) is 0 Å². The molecular weight excluding hydrogens is 202 g/mol. The van der Waals surface area contributed by atoms with E-state index in [2.05, 4.69) is 55.4 Å². The second kappa shape index (κ2) is 5.15. The summed E-state index contributed by atoms with van der Waals surface area (Å²) in [5, 5.41) is 0.